The lowest BCUT2D eigenvalue weighted by molar-refractivity contribution is -0.173. The highest BCUT2D eigenvalue weighted by atomic mass is 16.5. The fourth-order valence-corrected chi connectivity index (χ4v) is 2.99. The third kappa shape index (κ3) is 6.00. The number of carbonyl (C=O) groups excluding carboxylic acids is 2. The number of hydrogen-bond acceptors (Lipinski definition) is 5. The van der Waals surface area contributed by atoms with E-state index in [9.17, 15) is 14.9 Å². The molecule has 0 spiro atoms. The number of esters is 2. The number of nitrogens with zero attached hydrogens (tertiary/aromatic N) is 1. The van der Waals surface area contributed by atoms with Crippen LogP contribution in [0.3, 0.4) is 0 Å². The van der Waals surface area contributed by atoms with Gasteiger partial charge in [-0.15, -0.1) is 0 Å². The van der Waals surface area contributed by atoms with Gasteiger partial charge in [-0.2, -0.15) is 5.26 Å². The van der Waals surface area contributed by atoms with Crippen molar-refractivity contribution in [3.05, 3.63) is 0 Å². The topological polar surface area (TPSA) is 76.4 Å². The van der Waals surface area contributed by atoms with Crippen LogP contribution in [-0.4, -0.2) is 25.2 Å². The van der Waals surface area contributed by atoms with Crippen LogP contribution in [-0.2, 0) is 19.1 Å². The third-order valence-corrected chi connectivity index (χ3v) is 4.98. The Balaban J connectivity index is 6.05. The molecule has 5 nitrogen and oxygen atoms in total. The van der Waals surface area contributed by atoms with Crippen LogP contribution in [0.15, 0.2) is 0 Å². The number of carbonyl (C=O) groups is 2. The van der Waals surface area contributed by atoms with E-state index in [2.05, 4.69) is 6.07 Å². The summed E-state index contributed by atoms with van der Waals surface area (Å²) in [7, 11) is 0. The van der Waals surface area contributed by atoms with Gasteiger partial charge in [-0.1, -0.05) is 68.2 Å². The van der Waals surface area contributed by atoms with Crippen LogP contribution in [0.4, 0.5) is 0 Å². The SMILES string of the molecule is CCC(C)C(C(=O)OCC(C)C)C(C#N)(C(=O)OCC(C)C)C(C)CC. The van der Waals surface area contributed by atoms with Crippen LogP contribution in [0.5, 0.6) is 0 Å². The summed E-state index contributed by atoms with van der Waals surface area (Å²) in [6, 6.07) is 2.20. The van der Waals surface area contributed by atoms with Gasteiger partial charge in [0.1, 0.15) is 0 Å². The Labute approximate surface area is 159 Å². The zero-order valence-electron chi connectivity index (χ0n) is 17.8. The van der Waals surface area contributed by atoms with Gasteiger partial charge in [0.25, 0.3) is 0 Å². The molecule has 0 aliphatic carbocycles. The normalized spacial score (nSPS) is 17.1. The molecular formula is C21H37NO4. The lowest BCUT2D eigenvalue weighted by atomic mass is 9.62. The van der Waals surface area contributed by atoms with Crippen molar-refractivity contribution < 1.29 is 19.1 Å². The molecule has 0 radical (unpaired) electrons. The Bertz CT molecular complexity index is 495. The number of ether oxygens (including phenoxy) is 2. The number of hydrogen-bond donors (Lipinski definition) is 0. The Hall–Kier alpha value is -1.57. The molecule has 26 heavy (non-hydrogen) atoms. The molecule has 4 unspecified atom stereocenters. The van der Waals surface area contributed by atoms with Crippen LogP contribution >= 0.6 is 0 Å². The fraction of sp³-hybridized carbons (Fsp3) is 0.857. The smallest absolute Gasteiger partial charge is 0.327 e. The molecule has 5 heteroatoms. The first-order chi connectivity index (χ1) is 12.1. The van der Waals surface area contributed by atoms with Crippen molar-refractivity contribution in [2.45, 2.75) is 68.2 Å². The van der Waals surface area contributed by atoms with E-state index in [1.165, 1.54) is 0 Å². The highest BCUT2D eigenvalue weighted by molar-refractivity contribution is 5.88. The lowest BCUT2D eigenvalue weighted by Crippen LogP contribution is -2.50. The van der Waals surface area contributed by atoms with Crippen molar-refractivity contribution in [2.24, 2.45) is 35.0 Å². The van der Waals surface area contributed by atoms with Gasteiger partial charge in [-0.25, -0.2) is 0 Å². The molecule has 0 amide bonds. The summed E-state index contributed by atoms with van der Waals surface area (Å²) < 4.78 is 10.9. The van der Waals surface area contributed by atoms with Gasteiger partial charge >= 0.3 is 11.9 Å². The second-order valence-electron chi connectivity index (χ2n) is 8.17. The fourth-order valence-electron chi connectivity index (χ4n) is 2.99. The minimum absolute atomic E-state index is 0.155. The molecule has 0 aromatic rings. The van der Waals surface area contributed by atoms with Crippen LogP contribution in [0.25, 0.3) is 0 Å². The predicted octanol–water partition coefficient (Wildman–Crippen LogP) is 4.60. The largest absolute Gasteiger partial charge is 0.465 e. The standard InChI is InChI=1S/C21H37NO4/c1-9-16(7)18(19(23)25-11-14(3)4)21(13-22,17(8)10-2)20(24)26-12-15(5)6/h14-18H,9-12H2,1-8H3. The van der Waals surface area contributed by atoms with E-state index in [1.807, 2.05) is 55.4 Å². The molecule has 0 saturated carbocycles. The molecule has 150 valence electrons. The van der Waals surface area contributed by atoms with E-state index in [0.717, 1.165) is 0 Å². The molecule has 0 rings (SSSR count). The van der Waals surface area contributed by atoms with Crippen molar-refractivity contribution in [2.75, 3.05) is 13.2 Å². The average Bonchev–Trinajstić information content (AvgIpc) is 2.60. The summed E-state index contributed by atoms with van der Waals surface area (Å²) in [5.74, 6) is -2.07. The van der Waals surface area contributed by atoms with E-state index in [1.54, 1.807) is 0 Å². The lowest BCUT2D eigenvalue weighted by Gasteiger charge is -2.38. The highest BCUT2D eigenvalue weighted by Crippen LogP contribution is 2.44. The summed E-state index contributed by atoms with van der Waals surface area (Å²) in [6.07, 6.45) is 1.26. The Kier molecular flexibility index (Phi) is 10.5. The minimum atomic E-state index is -1.53. The molecule has 0 bridgehead atoms. The molecule has 4 atom stereocenters. The van der Waals surface area contributed by atoms with E-state index in [0.29, 0.717) is 12.8 Å². The highest BCUT2D eigenvalue weighted by Gasteiger charge is 2.56. The predicted molar refractivity (Wildman–Crippen MR) is 102 cm³/mol. The summed E-state index contributed by atoms with van der Waals surface area (Å²) in [4.78, 5) is 26.0. The molecule has 0 N–H and O–H groups in total. The first kappa shape index (κ1) is 24.4. The first-order valence-corrected chi connectivity index (χ1v) is 9.83. The number of rotatable bonds is 11. The molecule has 0 aromatic carbocycles. The second-order valence-corrected chi connectivity index (χ2v) is 8.17. The molecule has 0 aromatic heterocycles. The van der Waals surface area contributed by atoms with Gasteiger partial charge in [0.15, 0.2) is 5.41 Å². The van der Waals surface area contributed by atoms with Crippen molar-refractivity contribution in [3.8, 4) is 6.07 Å². The second kappa shape index (κ2) is 11.2. The molecule has 0 saturated heterocycles. The van der Waals surface area contributed by atoms with Gasteiger partial charge in [-0.3, -0.25) is 9.59 Å². The summed E-state index contributed by atoms with van der Waals surface area (Å²) in [5, 5.41) is 10.1. The monoisotopic (exact) mass is 367 g/mol. The number of nitriles is 1. The van der Waals surface area contributed by atoms with Gasteiger partial charge in [-0.05, 0) is 23.7 Å². The van der Waals surface area contributed by atoms with Crippen LogP contribution in [0.2, 0.25) is 0 Å². The van der Waals surface area contributed by atoms with E-state index >= 15 is 0 Å². The zero-order chi connectivity index (χ0) is 20.5. The van der Waals surface area contributed by atoms with Crippen molar-refractivity contribution in [3.63, 3.8) is 0 Å². The first-order valence-electron chi connectivity index (χ1n) is 9.83. The maximum Gasteiger partial charge on any atom is 0.327 e. The maximum atomic E-state index is 13.1. The Morgan fingerprint density at radius 2 is 1.42 bits per heavy atom. The zero-order valence-corrected chi connectivity index (χ0v) is 17.8. The van der Waals surface area contributed by atoms with Crippen LogP contribution in [0.1, 0.15) is 68.2 Å². The van der Waals surface area contributed by atoms with Crippen LogP contribution in [0, 0.1) is 46.3 Å². The van der Waals surface area contributed by atoms with Gasteiger partial charge in [0.2, 0.25) is 0 Å². The van der Waals surface area contributed by atoms with E-state index < -0.39 is 23.3 Å². The van der Waals surface area contributed by atoms with Gasteiger partial charge < -0.3 is 9.47 Å². The van der Waals surface area contributed by atoms with Gasteiger partial charge in [0.05, 0.1) is 25.2 Å². The quantitative estimate of drug-likeness (QED) is 0.499. The summed E-state index contributed by atoms with van der Waals surface area (Å²) in [5.41, 5.74) is -1.53. The summed E-state index contributed by atoms with van der Waals surface area (Å²) in [6.45, 7) is 15.9. The van der Waals surface area contributed by atoms with E-state index in [4.69, 9.17) is 9.47 Å². The molecule has 0 aliphatic rings. The molecule has 0 heterocycles. The molecular weight excluding hydrogens is 330 g/mol. The van der Waals surface area contributed by atoms with Gasteiger partial charge in [0, 0.05) is 0 Å². The van der Waals surface area contributed by atoms with Crippen molar-refractivity contribution in [1.82, 2.24) is 0 Å². The maximum absolute atomic E-state index is 13.1. The third-order valence-electron chi connectivity index (χ3n) is 4.98. The molecule has 0 aliphatic heterocycles. The Morgan fingerprint density at radius 1 is 0.923 bits per heavy atom. The average molecular weight is 368 g/mol. The summed E-state index contributed by atoms with van der Waals surface area (Å²) >= 11 is 0. The Morgan fingerprint density at radius 3 is 1.81 bits per heavy atom. The molecule has 0 fully saturated rings. The van der Waals surface area contributed by atoms with Crippen LogP contribution < -0.4 is 0 Å². The minimum Gasteiger partial charge on any atom is -0.465 e. The van der Waals surface area contributed by atoms with Crippen molar-refractivity contribution in [1.29, 1.82) is 5.26 Å². The van der Waals surface area contributed by atoms with Crippen molar-refractivity contribution >= 4 is 11.9 Å². The van der Waals surface area contributed by atoms with E-state index in [-0.39, 0.29) is 36.9 Å².